The van der Waals surface area contributed by atoms with E-state index in [0.29, 0.717) is 24.0 Å². The number of rotatable bonds is 7. The van der Waals surface area contributed by atoms with E-state index in [1.54, 1.807) is 17.8 Å². The molecule has 0 radical (unpaired) electrons. The fraction of sp³-hybridized carbons (Fsp3) is 0.0714. The minimum absolute atomic E-state index is 0.514. The molecule has 0 spiro atoms. The van der Waals surface area contributed by atoms with Crippen LogP contribution in [0.4, 0.5) is 17.5 Å². The summed E-state index contributed by atoms with van der Waals surface area (Å²) in [6.07, 6.45) is 3.57. The summed E-state index contributed by atoms with van der Waals surface area (Å²) >= 11 is 0. The van der Waals surface area contributed by atoms with Gasteiger partial charge in [0.15, 0.2) is 11.5 Å². The van der Waals surface area contributed by atoms with Gasteiger partial charge in [0, 0.05) is 41.6 Å². The molecule has 0 unspecified atom stereocenters. The van der Waals surface area contributed by atoms with Crippen LogP contribution in [0.3, 0.4) is 0 Å². The van der Waals surface area contributed by atoms with Crippen LogP contribution in [0.1, 0.15) is 5.56 Å². The average molecular weight is 474 g/mol. The number of aromatic nitrogens is 5. The lowest BCUT2D eigenvalue weighted by Gasteiger charge is -2.11. The Hall–Kier alpha value is -4.98. The number of methoxy groups -OCH3 is 1. The van der Waals surface area contributed by atoms with Crippen LogP contribution in [-0.2, 0) is 6.54 Å². The van der Waals surface area contributed by atoms with Crippen LogP contribution >= 0.6 is 0 Å². The maximum atomic E-state index is 5.25. The van der Waals surface area contributed by atoms with Crippen LogP contribution < -0.4 is 15.4 Å². The van der Waals surface area contributed by atoms with Gasteiger partial charge < -0.3 is 15.4 Å². The van der Waals surface area contributed by atoms with Gasteiger partial charge in [0.2, 0.25) is 5.95 Å². The zero-order chi connectivity index (χ0) is 24.3. The van der Waals surface area contributed by atoms with Crippen LogP contribution in [0.15, 0.2) is 97.3 Å². The first-order valence-corrected chi connectivity index (χ1v) is 11.6. The van der Waals surface area contributed by atoms with Crippen molar-refractivity contribution in [1.29, 1.82) is 0 Å². The molecular formula is C28H23N7O. The molecule has 0 aliphatic rings. The van der Waals surface area contributed by atoms with E-state index in [4.69, 9.17) is 4.74 Å². The molecule has 0 atom stereocenters. The Kier molecular flexibility index (Phi) is 5.59. The Bertz CT molecular complexity index is 1650. The van der Waals surface area contributed by atoms with Crippen LogP contribution in [0.5, 0.6) is 5.75 Å². The summed E-state index contributed by atoms with van der Waals surface area (Å²) in [5.41, 5.74) is 3.69. The van der Waals surface area contributed by atoms with Crippen LogP contribution in [-0.4, -0.2) is 31.7 Å². The largest absolute Gasteiger partial charge is 0.497 e. The summed E-state index contributed by atoms with van der Waals surface area (Å²) in [4.78, 5) is 13.8. The molecule has 8 heteroatoms. The maximum absolute atomic E-state index is 5.25. The van der Waals surface area contributed by atoms with Crippen LogP contribution in [0.25, 0.3) is 27.8 Å². The number of para-hydroxylation sites is 1. The standard InChI is InChI=1S/C28H23N7O/c1-36-23-11-7-19(8-12-23)18-31-26-24-17-21(10-9-20(24)13-15-29-26)27-30-16-14-25-33-28(34-35(25)27)32-22-5-3-2-4-6-22/h2-17H,18H2,1H3,(H,29,31)(H,32,34). The Morgan fingerprint density at radius 3 is 2.53 bits per heavy atom. The van der Waals surface area contributed by atoms with Crippen molar-refractivity contribution >= 4 is 33.9 Å². The topological polar surface area (TPSA) is 89.3 Å². The lowest BCUT2D eigenvalue weighted by molar-refractivity contribution is 0.414. The molecular weight excluding hydrogens is 450 g/mol. The molecule has 0 amide bonds. The highest BCUT2D eigenvalue weighted by molar-refractivity contribution is 5.94. The third-order valence-corrected chi connectivity index (χ3v) is 5.93. The van der Waals surface area contributed by atoms with Crippen molar-refractivity contribution in [3.05, 3.63) is 103 Å². The normalized spacial score (nSPS) is 11.0. The lowest BCUT2D eigenvalue weighted by Crippen LogP contribution is -2.02. The predicted octanol–water partition coefficient (Wildman–Crippen LogP) is 5.70. The first kappa shape index (κ1) is 21.5. The van der Waals surface area contributed by atoms with Gasteiger partial charge in [0.1, 0.15) is 11.6 Å². The summed E-state index contributed by atoms with van der Waals surface area (Å²) < 4.78 is 7.01. The van der Waals surface area contributed by atoms with Gasteiger partial charge in [-0.05, 0) is 47.3 Å². The molecule has 3 heterocycles. The molecule has 0 aliphatic carbocycles. The Balaban J connectivity index is 1.33. The van der Waals surface area contributed by atoms with E-state index in [1.165, 1.54) is 0 Å². The summed E-state index contributed by atoms with van der Waals surface area (Å²) in [5, 5.41) is 13.5. The average Bonchev–Trinajstić information content (AvgIpc) is 3.35. The molecule has 0 saturated heterocycles. The number of anilines is 3. The first-order chi connectivity index (χ1) is 17.8. The monoisotopic (exact) mass is 473 g/mol. The Morgan fingerprint density at radius 2 is 1.69 bits per heavy atom. The maximum Gasteiger partial charge on any atom is 0.247 e. The van der Waals surface area contributed by atoms with Gasteiger partial charge in [0.25, 0.3) is 0 Å². The van der Waals surface area contributed by atoms with E-state index in [1.807, 2.05) is 79.0 Å². The molecule has 3 aromatic heterocycles. The highest BCUT2D eigenvalue weighted by Crippen LogP contribution is 2.28. The van der Waals surface area contributed by atoms with Crippen molar-refractivity contribution in [1.82, 2.24) is 24.6 Å². The predicted molar refractivity (Wildman–Crippen MR) is 142 cm³/mol. The summed E-state index contributed by atoms with van der Waals surface area (Å²) in [6, 6.07) is 27.9. The number of hydrogen-bond donors (Lipinski definition) is 2. The quantitative estimate of drug-likeness (QED) is 0.307. The van der Waals surface area contributed by atoms with Crippen molar-refractivity contribution < 1.29 is 4.74 Å². The van der Waals surface area contributed by atoms with Gasteiger partial charge in [0.05, 0.1) is 7.11 Å². The second-order valence-electron chi connectivity index (χ2n) is 8.26. The van der Waals surface area contributed by atoms with E-state index < -0.39 is 0 Å². The lowest BCUT2D eigenvalue weighted by atomic mass is 10.1. The molecule has 2 N–H and O–H groups in total. The van der Waals surface area contributed by atoms with E-state index in [2.05, 4.69) is 42.8 Å². The number of ether oxygens (including phenoxy) is 1. The molecule has 0 aliphatic heterocycles. The minimum Gasteiger partial charge on any atom is -0.497 e. The van der Waals surface area contributed by atoms with Gasteiger partial charge >= 0.3 is 0 Å². The van der Waals surface area contributed by atoms with Gasteiger partial charge in [-0.2, -0.15) is 9.50 Å². The Morgan fingerprint density at radius 1 is 0.861 bits per heavy atom. The number of nitrogens with zero attached hydrogens (tertiary/aromatic N) is 5. The number of nitrogens with one attached hydrogen (secondary N) is 2. The highest BCUT2D eigenvalue weighted by Gasteiger charge is 2.12. The Labute approximate surface area is 207 Å². The number of benzene rings is 3. The molecule has 0 saturated carbocycles. The van der Waals surface area contributed by atoms with Crippen molar-refractivity contribution in [3.8, 4) is 17.1 Å². The molecule has 6 rings (SSSR count). The second kappa shape index (κ2) is 9.34. The molecule has 8 nitrogen and oxygen atoms in total. The van der Waals surface area contributed by atoms with Crippen LogP contribution in [0.2, 0.25) is 0 Å². The van der Waals surface area contributed by atoms with Crippen LogP contribution in [0, 0.1) is 0 Å². The van der Waals surface area contributed by atoms with Gasteiger partial charge in [-0.15, -0.1) is 5.10 Å². The first-order valence-electron chi connectivity index (χ1n) is 11.6. The van der Waals surface area contributed by atoms with Gasteiger partial charge in [-0.3, -0.25) is 0 Å². The van der Waals surface area contributed by atoms with E-state index >= 15 is 0 Å². The smallest absolute Gasteiger partial charge is 0.247 e. The van der Waals surface area contributed by atoms with Gasteiger partial charge in [-0.25, -0.2) is 9.97 Å². The van der Waals surface area contributed by atoms with Crippen molar-refractivity contribution in [2.45, 2.75) is 6.54 Å². The zero-order valence-corrected chi connectivity index (χ0v) is 19.6. The van der Waals surface area contributed by atoms with Crippen molar-refractivity contribution in [2.75, 3.05) is 17.7 Å². The third kappa shape index (κ3) is 4.27. The SMILES string of the molecule is COc1ccc(CNc2nccc3ccc(-c4nccc5nc(Nc6ccccc6)nn45)cc23)cc1. The minimum atomic E-state index is 0.514. The third-order valence-electron chi connectivity index (χ3n) is 5.93. The molecule has 0 fully saturated rings. The zero-order valence-electron chi connectivity index (χ0n) is 19.6. The highest BCUT2D eigenvalue weighted by atomic mass is 16.5. The van der Waals surface area contributed by atoms with Gasteiger partial charge in [-0.1, -0.05) is 42.5 Å². The number of fused-ring (bicyclic) bond motifs is 2. The molecule has 176 valence electrons. The van der Waals surface area contributed by atoms with Crippen molar-refractivity contribution in [3.63, 3.8) is 0 Å². The molecule has 36 heavy (non-hydrogen) atoms. The van der Waals surface area contributed by atoms with E-state index in [9.17, 15) is 0 Å². The summed E-state index contributed by atoms with van der Waals surface area (Å²) in [5.74, 6) is 2.86. The summed E-state index contributed by atoms with van der Waals surface area (Å²) in [6.45, 7) is 0.645. The molecule has 6 aromatic rings. The second-order valence-corrected chi connectivity index (χ2v) is 8.26. The fourth-order valence-corrected chi connectivity index (χ4v) is 4.09. The van der Waals surface area contributed by atoms with E-state index in [0.717, 1.165) is 39.2 Å². The fourth-order valence-electron chi connectivity index (χ4n) is 4.09. The molecule has 0 bridgehead atoms. The van der Waals surface area contributed by atoms with Crippen molar-refractivity contribution in [2.24, 2.45) is 0 Å². The summed E-state index contributed by atoms with van der Waals surface area (Å²) in [7, 11) is 1.67. The molecule has 3 aromatic carbocycles. The number of pyridine rings is 1. The number of hydrogen-bond acceptors (Lipinski definition) is 7. The van der Waals surface area contributed by atoms with E-state index in [-0.39, 0.29) is 0 Å².